The molecule has 0 saturated carbocycles. The highest BCUT2D eigenvalue weighted by molar-refractivity contribution is 9.10. The van der Waals surface area contributed by atoms with Crippen LogP contribution in [-0.4, -0.2) is 39.9 Å². The summed E-state index contributed by atoms with van der Waals surface area (Å²) in [5.74, 6) is 0. The Morgan fingerprint density at radius 1 is 1.33 bits per heavy atom. The third-order valence-electron chi connectivity index (χ3n) is 4.69. The molecule has 0 aromatic carbocycles. The van der Waals surface area contributed by atoms with E-state index in [0.717, 1.165) is 17.4 Å². The van der Waals surface area contributed by atoms with Crippen LogP contribution in [0, 0.1) is 0 Å². The Balaban J connectivity index is 2.29. The molecule has 5 heteroatoms. The van der Waals surface area contributed by atoms with Gasteiger partial charge in [0.25, 0.3) is 0 Å². The van der Waals surface area contributed by atoms with E-state index in [1.54, 1.807) is 0 Å². The zero-order chi connectivity index (χ0) is 15.5. The summed E-state index contributed by atoms with van der Waals surface area (Å²) in [6.07, 6.45) is 7.05. The number of aryl methyl sites for hydroxylation is 1. The zero-order valence-electron chi connectivity index (χ0n) is 13.8. The van der Waals surface area contributed by atoms with E-state index in [9.17, 15) is 0 Å². The van der Waals surface area contributed by atoms with E-state index in [2.05, 4.69) is 52.0 Å². The number of piperidine rings is 1. The summed E-state index contributed by atoms with van der Waals surface area (Å²) in [5, 5.41) is 8.17. The van der Waals surface area contributed by atoms with Crippen LogP contribution in [0.3, 0.4) is 0 Å². The summed E-state index contributed by atoms with van der Waals surface area (Å²) in [6.45, 7) is 10.4. The van der Waals surface area contributed by atoms with Gasteiger partial charge in [0.05, 0.1) is 22.4 Å². The van der Waals surface area contributed by atoms with Crippen molar-refractivity contribution in [3.63, 3.8) is 0 Å². The van der Waals surface area contributed by atoms with Crippen molar-refractivity contribution in [1.29, 1.82) is 0 Å². The largest absolute Gasteiger partial charge is 0.307 e. The van der Waals surface area contributed by atoms with E-state index >= 15 is 0 Å². The topological polar surface area (TPSA) is 33.1 Å². The summed E-state index contributed by atoms with van der Waals surface area (Å²) in [6, 6.07) is 0.275. The van der Waals surface area contributed by atoms with Crippen molar-refractivity contribution in [2.24, 2.45) is 7.05 Å². The summed E-state index contributed by atoms with van der Waals surface area (Å²) in [4.78, 5) is 2.64. The van der Waals surface area contributed by atoms with Gasteiger partial charge in [-0.2, -0.15) is 5.10 Å². The van der Waals surface area contributed by atoms with Gasteiger partial charge in [-0.1, -0.05) is 13.3 Å². The predicted octanol–water partition coefficient (Wildman–Crippen LogP) is 3.49. The van der Waals surface area contributed by atoms with Crippen LogP contribution in [0.1, 0.15) is 58.2 Å². The first-order valence-electron chi connectivity index (χ1n) is 8.14. The van der Waals surface area contributed by atoms with Gasteiger partial charge in [0, 0.05) is 12.6 Å². The highest BCUT2D eigenvalue weighted by Gasteiger charge is 2.39. The average molecular weight is 357 g/mol. The zero-order valence-corrected chi connectivity index (χ0v) is 15.4. The second kappa shape index (κ2) is 7.25. The standard InChI is InChI=1S/C16H29BrN4/c1-5-9-18-15(14-13(17)12-19-20(14)4)16(2,3)21-10-7-6-8-11-21/h12,15,18H,5-11H2,1-4H3. The number of hydrogen-bond donors (Lipinski definition) is 1. The number of hydrogen-bond acceptors (Lipinski definition) is 3. The van der Waals surface area contributed by atoms with Gasteiger partial charge < -0.3 is 5.32 Å². The highest BCUT2D eigenvalue weighted by atomic mass is 79.9. The Bertz CT molecular complexity index is 430. The van der Waals surface area contributed by atoms with Gasteiger partial charge in [0.15, 0.2) is 0 Å². The van der Waals surface area contributed by atoms with Crippen molar-refractivity contribution in [2.75, 3.05) is 19.6 Å². The summed E-state index contributed by atoms with van der Waals surface area (Å²) < 4.78 is 3.10. The SMILES string of the molecule is CCCNC(c1c(Br)cnn1C)C(C)(C)N1CCCCC1. The summed E-state index contributed by atoms with van der Waals surface area (Å²) in [5.41, 5.74) is 1.32. The Hall–Kier alpha value is -0.390. The van der Waals surface area contributed by atoms with Gasteiger partial charge in [-0.05, 0) is 68.7 Å². The van der Waals surface area contributed by atoms with Crippen molar-refractivity contribution < 1.29 is 0 Å². The molecule has 0 amide bonds. The number of halogens is 1. The monoisotopic (exact) mass is 356 g/mol. The van der Waals surface area contributed by atoms with Crippen LogP contribution in [0.25, 0.3) is 0 Å². The summed E-state index contributed by atoms with van der Waals surface area (Å²) in [7, 11) is 2.03. The van der Waals surface area contributed by atoms with Crippen molar-refractivity contribution in [1.82, 2.24) is 20.0 Å². The van der Waals surface area contributed by atoms with Gasteiger partial charge >= 0.3 is 0 Å². The van der Waals surface area contributed by atoms with Crippen LogP contribution >= 0.6 is 15.9 Å². The maximum Gasteiger partial charge on any atom is 0.0711 e. The maximum absolute atomic E-state index is 4.42. The van der Waals surface area contributed by atoms with Crippen LogP contribution in [0.4, 0.5) is 0 Å². The molecule has 120 valence electrons. The molecule has 1 aliphatic rings. The predicted molar refractivity (Wildman–Crippen MR) is 91.4 cm³/mol. The molecule has 4 nitrogen and oxygen atoms in total. The van der Waals surface area contributed by atoms with Gasteiger partial charge in [0.2, 0.25) is 0 Å². The van der Waals surface area contributed by atoms with E-state index in [0.29, 0.717) is 0 Å². The lowest BCUT2D eigenvalue weighted by Crippen LogP contribution is -2.55. The molecular formula is C16H29BrN4. The lowest BCUT2D eigenvalue weighted by atomic mass is 9.87. The van der Waals surface area contributed by atoms with Crippen molar-refractivity contribution in [3.8, 4) is 0 Å². The molecule has 2 heterocycles. The third-order valence-corrected chi connectivity index (χ3v) is 5.30. The Labute approximate surface area is 137 Å². The first-order chi connectivity index (χ1) is 9.98. The van der Waals surface area contributed by atoms with E-state index in [4.69, 9.17) is 0 Å². The minimum absolute atomic E-state index is 0.0753. The Kier molecular flexibility index (Phi) is 5.86. The van der Waals surface area contributed by atoms with Crippen molar-refractivity contribution in [2.45, 2.75) is 58.0 Å². The van der Waals surface area contributed by atoms with Crippen molar-refractivity contribution >= 4 is 15.9 Å². The van der Waals surface area contributed by atoms with Crippen LogP contribution < -0.4 is 5.32 Å². The lowest BCUT2D eigenvalue weighted by molar-refractivity contribution is 0.0580. The second-order valence-electron chi connectivity index (χ2n) is 6.59. The first-order valence-corrected chi connectivity index (χ1v) is 8.93. The van der Waals surface area contributed by atoms with Crippen LogP contribution in [0.2, 0.25) is 0 Å². The van der Waals surface area contributed by atoms with Gasteiger partial charge in [0.1, 0.15) is 0 Å². The fourth-order valence-corrected chi connectivity index (χ4v) is 3.94. The van der Waals surface area contributed by atoms with Crippen molar-refractivity contribution in [3.05, 3.63) is 16.4 Å². The third kappa shape index (κ3) is 3.69. The van der Waals surface area contributed by atoms with Gasteiger partial charge in [-0.25, -0.2) is 0 Å². The van der Waals surface area contributed by atoms with E-state index in [-0.39, 0.29) is 11.6 Å². The van der Waals surface area contributed by atoms with E-state index in [1.807, 2.05) is 17.9 Å². The number of nitrogens with one attached hydrogen (secondary N) is 1. The molecular weight excluding hydrogens is 328 g/mol. The molecule has 1 saturated heterocycles. The van der Waals surface area contributed by atoms with Gasteiger partial charge in [-0.15, -0.1) is 0 Å². The Morgan fingerprint density at radius 3 is 2.52 bits per heavy atom. The molecule has 1 aromatic rings. The smallest absolute Gasteiger partial charge is 0.0711 e. The molecule has 2 rings (SSSR count). The van der Waals surface area contributed by atoms with Crippen LogP contribution in [-0.2, 0) is 7.05 Å². The molecule has 1 aromatic heterocycles. The first kappa shape index (κ1) is 17.0. The second-order valence-corrected chi connectivity index (χ2v) is 7.44. The number of likely N-dealkylation sites (tertiary alicyclic amines) is 1. The molecule has 1 unspecified atom stereocenters. The quantitative estimate of drug-likeness (QED) is 0.846. The maximum atomic E-state index is 4.42. The molecule has 1 atom stereocenters. The average Bonchev–Trinajstić information content (AvgIpc) is 2.80. The van der Waals surface area contributed by atoms with Crippen LogP contribution in [0.15, 0.2) is 10.7 Å². The van der Waals surface area contributed by atoms with E-state index < -0.39 is 0 Å². The minimum atomic E-state index is 0.0753. The summed E-state index contributed by atoms with van der Waals surface area (Å²) >= 11 is 3.68. The molecule has 0 bridgehead atoms. The normalized spacial score (nSPS) is 18.9. The molecule has 0 spiro atoms. The fraction of sp³-hybridized carbons (Fsp3) is 0.812. The molecule has 0 radical (unpaired) electrons. The molecule has 0 aliphatic carbocycles. The molecule has 1 fully saturated rings. The fourth-order valence-electron chi connectivity index (χ4n) is 3.37. The Morgan fingerprint density at radius 2 is 2.00 bits per heavy atom. The molecule has 1 aliphatic heterocycles. The molecule has 21 heavy (non-hydrogen) atoms. The number of nitrogens with zero attached hydrogens (tertiary/aromatic N) is 3. The lowest BCUT2D eigenvalue weighted by Gasteiger charge is -2.46. The van der Waals surface area contributed by atoms with Crippen LogP contribution in [0.5, 0.6) is 0 Å². The number of rotatable bonds is 6. The van der Waals surface area contributed by atoms with E-state index in [1.165, 1.54) is 38.0 Å². The van der Waals surface area contributed by atoms with Gasteiger partial charge in [-0.3, -0.25) is 9.58 Å². The number of aromatic nitrogens is 2. The molecule has 1 N–H and O–H groups in total. The highest BCUT2D eigenvalue weighted by Crippen LogP contribution is 2.36. The minimum Gasteiger partial charge on any atom is -0.307 e.